The molecule has 102 valence electrons. The molecule has 5 heteroatoms. The summed E-state index contributed by atoms with van der Waals surface area (Å²) in [6, 6.07) is 2.11. The SMILES string of the molecule is Cc1cnc2c(c1)[nH]c(=S)n2CCCN1CCCC1. The minimum absolute atomic E-state index is 0.787. The molecule has 1 fully saturated rings. The zero-order chi connectivity index (χ0) is 13.2. The van der Waals surface area contributed by atoms with Crippen molar-refractivity contribution in [3.8, 4) is 0 Å². The van der Waals surface area contributed by atoms with Crippen LogP contribution in [0, 0.1) is 11.7 Å². The summed E-state index contributed by atoms with van der Waals surface area (Å²) in [7, 11) is 0. The van der Waals surface area contributed by atoms with E-state index in [2.05, 4.69) is 25.5 Å². The first kappa shape index (κ1) is 12.8. The van der Waals surface area contributed by atoms with Crippen LogP contribution in [0.4, 0.5) is 0 Å². The fourth-order valence-corrected chi connectivity index (χ4v) is 3.10. The van der Waals surface area contributed by atoms with Gasteiger partial charge in [-0.3, -0.25) is 0 Å². The second-order valence-electron chi connectivity index (χ2n) is 5.37. The van der Waals surface area contributed by atoms with Gasteiger partial charge in [-0.1, -0.05) is 0 Å². The van der Waals surface area contributed by atoms with Crippen LogP contribution in [0.1, 0.15) is 24.8 Å². The number of nitrogens with one attached hydrogen (secondary N) is 1. The Morgan fingerprint density at radius 3 is 2.89 bits per heavy atom. The quantitative estimate of drug-likeness (QED) is 0.872. The van der Waals surface area contributed by atoms with Gasteiger partial charge in [0, 0.05) is 12.7 Å². The summed E-state index contributed by atoms with van der Waals surface area (Å²) in [6.07, 6.45) is 5.75. The highest BCUT2D eigenvalue weighted by Crippen LogP contribution is 2.14. The molecule has 0 unspecified atom stereocenters. The number of hydrogen-bond acceptors (Lipinski definition) is 3. The molecule has 0 amide bonds. The number of aromatic amines is 1. The minimum atomic E-state index is 0.787. The first-order chi connectivity index (χ1) is 9.24. The fraction of sp³-hybridized carbons (Fsp3) is 0.571. The molecule has 1 N–H and O–H groups in total. The lowest BCUT2D eigenvalue weighted by atomic mass is 10.3. The van der Waals surface area contributed by atoms with Crippen LogP contribution in [0.25, 0.3) is 11.2 Å². The lowest BCUT2D eigenvalue weighted by Gasteiger charge is -2.14. The molecule has 19 heavy (non-hydrogen) atoms. The zero-order valence-corrected chi connectivity index (χ0v) is 12.2. The molecule has 2 aromatic heterocycles. The molecule has 0 atom stereocenters. The second kappa shape index (κ2) is 5.43. The van der Waals surface area contributed by atoms with Crippen molar-refractivity contribution in [3.63, 3.8) is 0 Å². The zero-order valence-electron chi connectivity index (χ0n) is 11.4. The minimum Gasteiger partial charge on any atom is -0.329 e. The van der Waals surface area contributed by atoms with Crippen molar-refractivity contribution in [2.24, 2.45) is 0 Å². The highest BCUT2D eigenvalue weighted by atomic mass is 32.1. The van der Waals surface area contributed by atoms with Gasteiger partial charge in [-0.15, -0.1) is 0 Å². The van der Waals surface area contributed by atoms with Crippen LogP contribution >= 0.6 is 12.2 Å². The number of fused-ring (bicyclic) bond motifs is 1. The van der Waals surface area contributed by atoms with E-state index in [0.29, 0.717) is 0 Å². The van der Waals surface area contributed by atoms with Crippen molar-refractivity contribution in [1.82, 2.24) is 19.4 Å². The Kier molecular flexibility index (Phi) is 3.66. The monoisotopic (exact) mass is 276 g/mol. The predicted octanol–water partition coefficient (Wildman–Crippen LogP) is 2.89. The third-order valence-electron chi connectivity index (χ3n) is 3.80. The maximum absolute atomic E-state index is 5.40. The standard InChI is InChI=1S/C14H20N4S/c1-11-9-12-13(15-10-11)18(14(19)16-12)8-4-7-17-5-2-3-6-17/h9-10H,2-8H2,1H3,(H,16,19). The van der Waals surface area contributed by atoms with E-state index in [1.807, 2.05) is 13.1 Å². The Hall–Kier alpha value is -1.20. The lowest BCUT2D eigenvalue weighted by Crippen LogP contribution is -2.21. The van der Waals surface area contributed by atoms with Crippen molar-refractivity contribution < 1.29 is 0 Å². The third-order valence-corrected chi connectivity index (χ3v) is 4.12. The Morgan fingerprint density at radius 1 is 1.32 bits per heavy atom. The van der Waals surface area contributed by atoms with Gasteiger partial charge in [0.25, 0.3) is 0 Å². The van der Waals surface area contributed by atoms with Crippen LogP contribution in [-0.2, 0) is 6.54 Å². The van der Waals surface area contributed by atoms with Crippen LogP contribution in [0.15, 0.2) is 12.3 Å². The van der Waals surface area contributed by atoms with E-state index in [0.717, 1.165) is 34.5 Å². The average Bonchev–Trinajstić information content (AvgIpc) is 2.98. The molecule has 4 nitrogen and oxygen atoms in total. The van der Waals surface area contributed by atoms with Gasteiger partial charge in [-0.25, -0.2) is 4.98 Å². The normalized spacial score (nSPS) is 16.5. The smallest absolute Gasteiger partial charge is 0.179 e. The largest absolute Gasteiger partial charge is 0.329 e. The van der Waals surface area contributed by atoms with E-state index in [9.17, 15) is 0 Å². The Labute approximate surface area is 118 Å². The number of nitrogens with zero attached hydrogens (tertiary/aromatic N) is 3. The summed E-state index contributed by atoms with van der Waals surface area (Å²) >= 11 is 5.40. The average molecular weight is 276 g/mol. The summed E-state index contributed by atoms with van der Waals surface area (Å²) in [5.74, 6) is 0. The van der Waals surface area contributed by atoms with E-state index in [-0.39, 0.29) is 0 Å². The molecule has 1 saturated heterocycles. The first-order valence-corrected chi connectivity index (χ1v) is 7.42. The van der Waals surface area contributed by atoms with Gasteiger partial charge in [0.05, 0.1) is 5.52 Å². The summed E-state index contributed by atoms with van der Waals surface area (Å²) < 4.78 is 2.91. The molecular weight excluding hydrogens is 256 g/mol. The van der Waals surface area contributed by atoms with E-state index in [4.69, 9.17) is 12.2 Å². The number of aryl methyl sites for hydroxylation is 2. The molecule has 0 bridgehead atoms. The highest BCUT2D eigenvalue weighted by molar-refractivity contribution is 7.71. The molecule has 0 radical (unpaired) electrons. The van der Waals surface area contributed by atoms with Crippen molar-refractivity contribution in [2.75, 3.05) is 19.6 Å². The molecule has 0 aromatic carbocycles. The predicted molar refractivity (Wildman–Crippen MR) is 79.9 cm³/mol. The Bertz CT molecular complexity index is 622. The number of pyridine rings is 1. The van der Waals surface area contributed by atoms with Crippen LogP contribution < -0.4 is 0 Å². The van der Waals surface area contributed by atoms with E-state index < -0.39 is 0 Å². The van der Waals surface area contributed by atoms with Crippen molar-refractivity contribution >= 4 is 23.4 Å². The van der Waals surface area contributed by atoms with Gasteiger partial charge >= 0.3 is 0 Å². The maximum Gasteiger partial charge on any atom is 0.179 e. The van der Waals surface area contributed by atoms with Gasteiger partial charge in [0.15, 0.2) is 10.4 Å². The maximum atomic E-state index is 5.40. The van der Waals surface area contributed by atoms with Crippen LogP contribution in [0.5, 0.6) is 0 Å². The van der Waals surface area contributed by atoms with Gasteiger partial charge < -0.3 is 14.5 Å². The Balaban J connectivity index is 1.73. The molecule has 0 saturated carbocycles. The van der Waals surface area contributed by atoms with Crippen molar-refractivity contribution in [2.45, 2.75) is 32.7 Å². The number of aromatic nitrogens is 3. The molecule has 1 aliphatic heterocycles. The van der Waals surface area contributed by atoms with Crippen LogP contribution in [-0.4, -0.2) is 39.1 Å². The summed E-state index contributed by atoms with van der Waals surface area (Å²) in [5, 5.41) is 0. The second-order valence-corrected chi connectivity index (χ2v) is 5.75. The number of likely N-dealkylation sites (tertiary alicyclic amines) is 1. The van der Waals surface area contributed by atoms with Crippen LogP contribution in [0.3, 0.4) is 0 Å². The highest BCUT2D eigenvalue weighted by Gasteiger charge is 2.11. The molecule has 1 aliphatic rings. The molecule has 3 rings (SSSR count). The first-order valence-electron chi connectivity index (χ1n) is 7.01. The summed E-state index contributed by atoms with van der Waals surface area (Å²) in [4.78, 5) is 10.3. The molecule has 3 heterocycles. The topological polar surface area (TPSA) is 36.9 Å². The molecular formula is C14H20N4S. The number of rotatable bonds is 4. The lowest BCUT2D eigenvalue weighted by molar-refractivity contribution is 0.325. The van der Waals surface area contributed by atoms with Gasteiger partial charge in [0.1, 0.15) is 0 Å². The van der Waals surface area contributed by atoms with Crippen molar-refractivity contribution in [3.05, 3.63) is 22.6 Å². The fourth-order valence-electron chi connectivity index (χ4n) is 2.81. The Morgan fingerprint density at radius 2 is 2.11 bits per heavy atom. The van der Waals surface area contributed by atoms with E-state index in [1.54, 1.807) is 0 Å². The number of hydrogen-bond donors (Lipinski definition) is 1. The number of imidazole rings is 1. The van der Waals surface area contributed by atoms with Gasteiger partial charge in [0.2, 0.25) is 0 Å². The van der Waals surface area contributed by atoms with Gasteiger partial charge in [-0.05, 0) is 69.7 Å². The third kappa shape index (κ3) is 2.72. The van der Waals surface area contributed by atoms with E-state index >= 15 is 0 Å². The van der Waals surface area contributed by atoms with Gasteiger partial charge in [-0.2, -0.15) is 0 Å². The molecule has 0 spiro atoms. The summed E-state index contributed by atoms with van der Waals surface area (Å²) in [6.45, 7) is 6.69. The van der Waals surface area contributed by atoms with E-state index in [1.165, 1.54) is 32.5 Å². The molecule has 0 aliphatic carbocycles. The molecule has 2 aromatic rings. The number of H-pyrrole nitrogens is 1. The van der Waals surface area contributed by atoms with Crippen LogP contribution in [0.2, 0.25) is 0 Å². The van der Waals surface area contributed by atoms with Crippen molar-refractivity contribution in [1.29, 1.82) is 0 Å². The summed E-state index contributed by atoms with van der Waals surface area (Å²) in [5.41, 5.74) is 3.19.